The van der Waals surface area contributed by atoms with Crippen LogP contribution in [0.2, 0.25) is 0 Å². The van der Waals surface area contributed by atoms with Gasteiger partial charge in [0.25, 0.3) is 0 Å². The molecule has 0 radical (unpaired) electrons. The van der Waals surface area contributed by atoms with Gasteiger partial charge in [-0.25, -0.2) is 0 Å². The van der Waals surface area contributed by atoms with Crippen LogP contribution in [0.5, 0.6) is 0 Å². The second-order valence-corrected chi connectivity index (χ2v) is 5.65. The van der Waals surface area contributed by atoms with Crippen LogP contribution in [-0.2, 0) is 4.79 Å². The predicted molar refractivity (Wildman–Crippen MR) is 86.1 cm³/mol. The molecule has 104 valence electrons. The molecule has 1 amide bonds. The van der Waals surface area contributed by atoms with Crippen molar-refractivity contribution in [3.63, 3.8) is 0 Å². The van der Waals surface area contributed by atoms with Gasteiger partial charge >= 0.3 is 0 Å². The van der Waals surface area contributed by atoms with Gasteiger partial charge in [0, 0.05) is 37.3 Å². The monoisotopic (exact) mass is 297 g/mol. The van der Waals surface area contributed by atoms with Crippen LogP contribution in [0.4, 0.5) is 5.69 Å². The molecule has 6 heteroatoms. The molecule has 0 heterocycles. The Morgan fingerprint density at radius 3 is 2.47 bits per heavy atom. The highest BCUT2D eigenvalue weighted by Gasteiger charge is 2.16. The van der Waals surface area contributed by atoms with Crippen molar-refractivity contribution in [2.75, 3.05) is 38.8 Å². The number of thiocarbonyl (C=S) groups is 1. The molecule has 0 aliphatic rings. The van der Waals surface area contributed by atoms with E-state index >= 15 is 0 Å². The van der Waals surface area contributed by atoms with Gasteiger partial charge in [-0.1, -0.05) is 18.3 Å². The zero-order valence-electron chi connectivity index (χ0n) is 11.6. The topological polar surface area (TPSA) is 49.6 Å². The molecular weight excluding hydrogens is 278 g/mol. The van der Waals surface area contributed by atoms with Gasteiger partial charge in [-0.3, -0.25) is 4.79 Å². The lowest BCUT2D eigenvalue weighted by Crippen LogP contribution is -2.35. The third kappa shape index (κ3) is 3.84. The second-order valence-electron chi connectivity index (χ2n) is 4.36. The minimum atomic E-state index is 0.0333. The SMILES string of the molecule is CSc1cccc(N(C)CC(=O)N(C)C)c1C(N)=S. The van der Waals surface area contributed by atoms with E-state index in [9.17, 15) is 4.79 Å². The predicted octanol–water partition coefficient (Wildman–Crippen LogP) is 1.57. The normalized spacial score (nSPS) is 10.1. The van der Waals surface area contributed by atoms with Gasteiger partial charge in [0.1, 0.15) is 4.99 Å². The Morgan fingerprint density at radius 1 is 1.37 bits per heavy atom. The summed E-state index contributed by atoms with van der Waals surface area (Å²) < 4.78 is 0. The number of nitrogens with zero attached hydrogens (tertiary/aromatic N) is 2. The van der Waals surface area contributed by atoms with E-state index in [-0.39, 0.29) is 5.91 Å². The molecule has 4 nitrogen and oxygen atoms in total. The molecule has 0 unspecified atom stereocenters. The molecule has 19 heavy (non-hydrogen) atoms. The smallest absolute Gasteiger partial charge is 0.241 e. The van der Waals surface area contributed by atoms with Crippen molar-refractivity contribution in [2.24, 2.45) is 5.73 Å². The fraction of sp³-hybridized carbons (Fsp3) is 0.385. The highest BCUT2D eigenvalue weighted by molar-refractivity contribution is 7.98. The average molecular weight is 297 g/mol. The zero-order valence-corrected chi connectivity index (χ0v) is 13.3. The van der Waals surface area contributed by atoms with Crippen LogP contribution in [0, 0.1) is 0 Å². The molecule has 0 aliphatic carbocycles. The van der Waals surface area contributed by atoms with Crippen LogP contribution < -0.4 is 10.6 Å². The third-order valence-electron chi connectivity index (χ3n) is 2.75. The molecule has 0 spiro atoms. The minimum Gasteiger partial charge on any atom is -0.389 e. The summed E-state index contributed by atoms with van der Waals surface area (Å²) in [6.45, 7) is 0.292. The molecule has 1 rings (SSSR count). The largest absolute Gasteiger partial charge is 0.389 e. The van der Waals surface area contributed by atoms with E-state index in [2.05, 4.69) is 0 Å². The van der Waals surface area contributed by atoms with E-state index in [0.29, 0.717) is 11.5 Å². The first-order valence-electron chi connectivity index (χ1n) is 5.76. The molecule has 0 bridgehead atoms. The van der Waals surface area contributed by atoms with Crippen LogP contribution in [0.15, 0.2) is 23.1 Å². The van der Waals surface area contributed by atoms with Crippen LogP contribution in [0.25, 0.3) is 0 Å². The summed E-state index contributed by atoms with van der Waals surface area (Å²) in [7, 11) is 5.34. The zero-order chi connectivity index (χ0) is 14.6. The van der Waals surface area contributed by atoms with E-state index in [4.69, 9.17) is 18.0 Å². The minimum absolute atomic E-state index is 0.0333. The second kappa shape index (κ2) is 6.77. The van der Waals surface area contributed by atoms with E-state index in [1.165, 1.54) is 0 Å². The average Bonchev–Trinajstić information content (AvgIpc) is 2.37. The van der Waals surface area contributed by atoms with Gasteiger partial charge in [0.15, 0.2) is 0 Å². The molecule has 0 saturated carbocycles. The molecule has 0 aliphatic heterocycles. The lowest BCUT2D eigenvalue weighted by atomic mass is 10.1. The summed E-state index contributed by atoms with van der Waals surface area (Å²) in [6, 6.07) is 5.85. The number of likely N-dealkylation sites (N-methyl/N-ethyl adjacent to an activating group) is 2. The summed E-state index contributed by atoms with van der Waals surface area (Å²) in [5.41, 5.74) is 7.53. The summed E-state index contributed by atoms with van der Waals surface area (Å²) in [6.07, 6.45) is 1.98. The number of amides is 1. The maximum atomic E-state index is 11.8. The lowest BCUT2D eigenvalue weighted by molar-refractivity contribution is -0.127. The van der Waals surface area contributed by atoms with Crippen molar-refractivity contribution in [3.05, 3.63) is 23.8 Å². The van der Waals surface area contributed by atoms with Gasteiger partial charge in [0.05, 0.1) is 6.54 Å². The number of benzene rings is 1. The van der Waals surface area contributed by atoms with E-state index in [1.54, 1.807) is 30.8 Å². The number of rotatable bonds is 5. The Labute approximate surface area is 123 Å². The molecular formula is C13H19N3OS2. The summed E-state index contributed by atoms with van der Waals surface area (Å²) in [5.74, 6) is 0.0333. The number of thioether (sulfide) groups is 1. The lowest BCUT2D eigenvalue weighted by Gasteiger charge is -2.24. The Bertz CT molecular complexity index is 489. The fourth-order valence-corrected chi connectivity index (χ4v) is 2.60. The Balaban J connectivity index is 3.12. The summed E-state index contributed by atoms with van der Waals surface area (Å²) in [5, 5.41) is 0. The van der Waals surface area contributed by atoms with Crippen molar-refractivity contribution in [1.29, 1.82) is 0 Å². The van der Waals surface area contributed by atoms with Gasteiger partial charge in [-0.05, 0) is 18.4 Å². The molecule has 0 fully saturated rings. The van der Waals surface area contributed by atoms with Crippen molar-refractivity contribution < 1.29 is 4.79 Å². The van der Waals surface area contributed by atoms with E-state index < -0.39 is 0 Å². The van der Waals surface area contributed by atoms with Crippen molar-refractivity contribution in [3.8, 4) is 0 Å². The summed E-state index contributed by atoms with van der Waals surface area (Å²) >= 11 is 6.72. The highest BCUT2D eigenvalue weighted by Crippen LogP contribution is 2.29. The molecule has 0 atom stereocenters. The fourth-order valence-electron chi connectivity index (χ4n) is 1.68. The number of hydrogen-bond donors (Lipinski definition) is 1. The van der Waals surface area contributed by atoms with Gasteiger partial charge < -0.3 is 15.5 Å². The molecule has 1 aromatic rings. The van der Waals surface area contributed by atoms with Gasteiger partial charge in [-0.15, -0.1) is 11.8 Å². The quantitative estimate of drug-likeness (QED) is 0.660. The summed E-state index contributed by atoms with van der Waals surface area (Å²) in [4.78, 5) is 16.6. The maximum absolute atomic E-state index is 11.8. The molecule has 0 saturated heterocycles. The maximum Gasteiger partial charge on any atom is 0.241 e. The first kappa shape index (κ1) is 15.8. The van der Waals surface area contributed by atoms with Crippen LogP contribution >= 0.6 is 24.0 Å². The Hall–Kier alpha value is -1.27. The molecule has 0 aromatic heterocycles. The van der Waals surface area contributed by atoms with E-state index in [0.717, 1.165) is 16.1 Å². The van der Waals surface area contributed by atoms with Crippen LogP contribution in [0.3, 0.4) is 0 Å². The van der Waals surface area contributed by atoms with Crippen LogP contribution in [0.1, 0.15) is 5.56 Å². The van der Waals surface area contributed by atoms with Gasteiger partial charge in [-0.2, -0.15) is 0 Å². The number of carbonyl (C=O) groups excluding carboxylic acids is 1. The van der Waals surface area contributed by atoms with E-state index in [1.807, 2.05) is 36.4 Å². The first-order chi connectivity index (χ1) is 8.88. The Morgan fingerprint density at radius 2 is 2.00 bits per heavy atom. The number of nitrogens with two attached hydrogens (primary N) is 1. The van der Waals surface area contributed by atoms with Crippen molar-refractivity contribution in [2.45, 2.75) is 4.90 Å². The van der Waals surface area contributed by atoms with Crippen LogP contribution in [-0.4, -0.2) is 49.7 Å². The van der Waals surface area contributed by atoms with Gasteiger partial charge in [0.2, 0.25) is 5.91 Å². The third-order valence-corrected chi connectivity index (χ3v) is 3.74. The number of anilines is 1. The number of carbonyl (C=O) groups is 1. The molecule has 2 N–H and O–H groups in total. The standard InChI is InChI=1S/C13H19N3OS2/c1-15(2)11(17)8-16(3)9-6-5-7-10(19-4)12(9)13(14)18/h5-7H,8H2,1-4H3,(H2,14,18). The van der Waals surface area contributed by atoms with Crippen molar-refractivity contribution in [1.82, 2.24) is 4.90 Å². The van der Waals surface area contributed by atoms with Crippen molar-refractivity contribution >= 4 is 40.6 Å². The molecule has 1 aromatic carbocycles. The Kier molecular flexibility index (Phi) is 5.62. The number of hydrogen-bond acceptors (Lipinski definition) is 4. The first-order valence-corrected chi connectivity index (χ1v) is 7.39. The highest BCUT2D eigenvalue weighted by atomic mass is 32.2.